The van der Waals surface area contributed by atoms with Gasteiger partial charge in [-0.05, 0) is 5.56 Å². The average molecular weight is 203 g/mol. The fourth-order valence-electron chi connectivity index (χ4n) is 0.970. The zero-order valence-electron chi connectivity index (χ0n) is 8.25. The molecule has 0 unspecified atom stereocenters. The van der Waals surface area contributed by atoms with Gasteiger partial charge in [0, 0.05) is 13.6 Å². The summed E-state index contributed by atoms with van der Waals surface area (Å²) in [5.74, 6) is 0. The van der Waals surface area contributed by atoms with Crippen LogP contribution in [0.15, 0.2) is 35.6 Å². The van der Waals surface area contributed by atoms with E-state index in [4.69, 9.17) is 0 Å². The molecule has 0 aliphatic carbocycles. The van der Waals surface area contributed by atoms with E-state index in [-0.39, 0.29) is 34.8 Å². The SMILES string of the molecule is CN(Cc1ccccc1)N([O-])N=O.[Na+]. The van der Waals surface area contributed by atoms with Crippen LogP contribution in [0.25, 0.3) is 0 Å². The van der Waals surface area contributed by atoms with Crippen LogP contribution in [0.2, 0.25) is 0 Å². The summed E-state index contributed by atoms with van der Waals surface area (Å²) in [4.78, 5) is 9.86. The van der Waals surface area contributed by atoms with E-state index >= 15 is 0 Å². The summed E-state index contributed by atoms with van der Waals surface area (Å²) in [6.45, 7) is 0.371. The van der Waals surface area contributed by atoms with Crippen molar-refractivity contribution in [2.75, 3.05) is 7.05 Å². The molecule has 5 nitrogen and oxygen atoms in total. The summed E-state index contributed by atoms with van der Waals surface area (Å²) < 4.78 is 0. The monoisotopic (exact) mass is 203 g/mol. The molecule has 0 fully saturated rings. The van der Waals surface area contributed by atoms with Crippen molar-refractivity contribution >= 4 is 0 Å². The van der Waals surface area contributed by atoms with Gasteiger partial charge in [-0.25, -0.2) is 5.01 Å². The summed E-state index contributed by atoms with van der Waals surface area (Å²) in [6.07, 6.45) is 0. The van der Waals surface area contributed by atoms with Crippen LogP contribution in [0.4, 0.5) is 0 Å². The summed E-state index contributed by atoms with van der Waals surface area (Å²) in [6, 6.07) is 9.36. The van der Waals surface area contributed by atoms with Crippen LogP contribution >= 0.6 is 0 Å². The molecule has 1 aromatic rings. The Balaban J connectivity index is 0.00000169. The van der Waals surface area contributed by atoms with Gasteiger partial charge in [0.1, 0.15) is 0 Å². The second-order valence-electron chi connectivity index (χ2n) is 2.64. The van der Waals surface area contributed by atoms with Gasteiger partial charge in [0.05, 0.1) is 5.29 Å². The normalized spacial score (nSPS) is 9.36. The van der Waals surface area contributed by atoms with Crippen LogP contribution in [0, 0.1) is 10.1 Å². The summed E-state index contributed by atoms with van der Waals surface area (Å²) in [7, 11) is 1.50. The number of hydrazine groups is 1. The summed E-state index contributed by atoms with van der Waals surface area (Å²) >= 11 is 0. The Morgan fingerprint density at radius 3 is 2.43 bits per heavy atom. The molecule has 0 amide bonds. The molecule has 0 radical (unpaired) electrons. The van der Waals surface area contributed by atoms with Crippen molar-refractivity contribution in [3.05, 3.63) is 46.0 Å². The minimum Gasteiger partial charge on any atom is -0.724 e. The van der Waals surface area contributed by atoms with Crippen LogP contribution in [0.1, 0.15) is 5.56 Å². The van der Waals surface area contributed by atoms with E-state index in [1.807, 2.05) is 30.3 Å². The van der Waals surface area contributed by atoms with Crippen molar-refractivity contribution < 1.29 is 29.6 Å². The van der Waals surface area contributed by atoms with E-state index in [2.05, 4.69) is 5.29 Å². The van der Waals surface area contributed by atoms with Crippen molar-refractivity contribution in [2.24, 2.45) is 5.29 Å². The van der Waals surface area contributed by atoms with Gasteiger partial charge in [-0.1, -0.05) is 30.3 Å². The Bertz CT molecular complexity index is 271. The largest absolute Gasteiger partial charge is 1.00 e. The van der Waals surface area contributed by atoms with E-state index in [1.165, 1.54) is 12.1 Å². The molecule has 0 N–H and O–H groups in total. The zero-order chi connectivity index (χ0) is 9.68. The standard InChI is InChI=1S/C8H10N3O2.Na/c1-10(11(13)9-12)7-8-5-3-2-4-6-8;/h2-6H,7H2,1H3;/q-1;+1. The Labute approximate surface area is 104 Å². The first-order valence-corrected chi connectivity index (χ1v) is 3.79. The first-order valence-electron chi connectivity index (χ1n) is 3.79. The summed E-state index contributed by atoms with van der Waals surface area (Å²) in [5, 5.41) is 14.1. The quantitative estimate of drug-likeness (QED) is 0.340. The van der Waals surface area contributed by atoms with Gasteiger partial charge in [-0.3, -0.25) is 5.28 Å². The van der Waals surface area contributed by atoms with Crippen LogP contribution in [0.5, 0.6) is 0 Å². The molecule has 0 saturated heterocycles. The Morgan fingerprint density at radius 1 is 1.36 bits per heavy atom. The predicted octanol–water partition coefficient (Wildman–Crippen LogP) is -1.48. The minimum absolute atomic E-state index is 0. The molecular weight excluding hydrogens is 193 g/mol. The number of nitrogens with zero attached hydrogens (tertiary/aromatic N) is 3. The smallest absolute Gasteiger partial charge is 0.724 e. The summed E-state index contributed by atoms with van der Waals surface area (Å²) in [5.41, 5.74) is 0.953. The van der Waals surface area contributed by atoms with E-state index < -0.39 is 0 Å². The van der Waals surface area contributed by atoms with Gasteiger partial charge in [0.25, 0.3) is 0 Å². The third kappa shape index (κ3) is 4.17. The molecule has 0 aliphatic heterocycles. The Hall–Kier alpha value is -0.460. The molecule has 0 heterocycles. The number of rotatable bonds is 4. The minimum atomic E-state index is 0. The third-order valence-corrected chi connectivity index (χ3v) is 1.62. The molecule has 1 aromatic carbocycles. The van der Waals surface area contributed by atoms with E-state index in [9.17, 15) is 10.1 Å². The molecule has 6 heteroatoms. The average Bonchev–Trinajstić information content (AvgIpc) is 2.18. The van der Waals surface area contributed by atoms with Crippen LogP contribution in [0.3, 0.4) is 0 Å². The topological polar surface area (TPSA) is 59.0 Å². The van der Waals surface area contributed by atoms with Crippen LogP contribution in [-0.2, 0) is 6.54 Å². The fraction of sp³-hybridized carbons (Fsp3) is 0.250. The van der Waals surface area contributed by atoms with Gasteiger partial charge in [0.2, 0.25) is 0 Å². The number of hydrogen-bond acceptors (Lipinski definition) is 4. The zero-order valence-corrected chi connectivity index (χ0v) is 10.3. The molecule has 0 saturated carbocycles. The van der Waals surface area contributed by atoms with Crippen molar-refractivity contribution in [1.82, 2.24) is 10.3 Å². The number of benzene rings is 1. The molecule has 0 aromatic heterocycles. The predicted molar refractivity (Wildman–Crippen MR) is 48.9 cm³/mol. The second-order valence-corrected chi connectivity index (χ2v) is 2.64. The molecule has 0 aliphatic rings. The maximum Gasteiger partial charge on any atom is 1.00 e. The second kappa shape index (κ2) is 6.92. The van der Waals surface area contributed by atoms with E-state index in [0.717, 1.165) is 5.56 Å². The van der Waals surface area contributed by atoms with Gasteiger partial charge in [-0.15, -0.1) is 4.91 Å². The first kappa shape index (κ1) is 13.5. The molecule has 1 rings (SSSR count). The van der Waals surface area contributed by atoms with Gasteiger partial charge >= 0.3 is 29.6 Å². The van der Waals surface area contributed by atoms with Gasteiger partial charge in [0.15, 0.2) is 0 Å². The fourth-order valence-corrected chi connectivity index (χ4v) is 0.970. The van der Waals surface area contributed by atoms with Crippen molar-refractivity contribution in [1.29, 1.82) is 0 Å². The molecule has 14 heavy (non-hydrogen) atoms. The number of nitroso groups, excluding NO2 is 1. The maximum absolute atomic E-state index is 10.7. The van der Waals surface area contributed by atoms with Gasteiger partial charge < -0.3 is 5.21 Å². The number of hydrogen-bond donors (Lipinski definition) is 0. The Morgan fingerprint density at radius 2 is 1.93 bits per heavy atom. The molecule has 70 valence electrons. The molecule has 0 atom stereocenters. The first-order chi connectivity index (χ1) is 6.24. The Kier molecular flexibility index (Phi) is 6.69. The van der Waals surface area contributed by atoms with Crippen LogP contribution < -0.4 is 29.6 Å². The van der Waals surface area contributed by atoms with E-state index in [0.29, 0.717) is 6.54 Å². The molecule has 0 bridgehead atoms. The maximum atomic E-state index is 10.7. The van der Waals surface area contributed by atoms with Crippen molar-refractivity contribution in [3.8, 4) is 0 Å². The molecule has 0 spiro atoms. The van der Waals surface area contributed by atoms with Gasteiger partial charge in [-0.2, -0.15) is 0 Å². The molecular formula is C8H10N3NaO2. The third-order valence-electron chi connectivity index (χ3n) is 1.62. The van der Waals surface area contributed by atoms with Crippen LogP contribution in [-0.4, -0.2) is 17.3 Å². The van der Waals surface area contributed by atoms with Crippen molar-refractivity contribution in [3.63, 3.8) is 0 Å². The van der Waals surface area contributed by atoms with E-state index in [1.54, 1.807) is 0 Å². The van der Waals surface area contributed by atoms with Crippen molar-refractivity contribution in [2.45, 2.75) is 6.54 Å².